The van der Waals surface area contributed by atoms with Crippen LogP contribution in [0.2, 0.25) is 0 Å². The molecule has 0 N–H and O–H groups in total. The first-order valence-electron chi connectivity index (χ1n) is 12.7. The molecular weight excluding hydrogens is 512 g/mol. The molecule has 1 atom stereocenters. The van der Waals surface area contributed by atoms with Gasteiger partial charge in [0.15, 0.2) is 16.0 Å². The van der Waals surface area contributed by atoms with Crippen molar-refractivity contribution in [1.29, 1.82) is 0 Å². The number of hydrogen-bond acceptors (Lipinski definition) is 7. The number of rotatable bonds is 6. The third kappa shape index (κ3) is 4.54. The summed E-state index contributed by atoms with van der Waals surface area (Å²) in [6.07, 6.45) is 10.7. The summed E-state index contributed by atoms with van der Waals surface area (Å²) in [6.45, 7) is 4.44. The molecule has 196 valence electrons. The number of morpholine rings is 1. The predicted molar refractivity (Wildman–Crippen MR) is 148 cm³/mol. The van der Waals surface area contributed by atoms with E-state index in [9.17, 15) is 4.21 Å². The highest BCUT2D eigenvalue weighted by Gasteiger charge is 2.18. The van der Waals surface area contributed by atoms with Crippen molar-refractivity contribution in [3.8, 4) is 22.3 Å². The number of ether oxygens (including phenoxy) is 1. The Kier molecular flexibility index (Phi) is 6.03. The van der Waals surface area contributed by atoms with Gasteiger partial charge < -0.3 is 4.74 Å². The van der Waals surface area contributed by atoms with Gasteiger partial charge in [-0.25, -0.2) is 9.19 Å². The van der Waals surface area contributed by atoms with Gasteiger partial charge in [-0.3, -0.25) is 19.0 Å². The molecule has 1 fully saturated rings. The number of benzene rings is 1. The van der Waals surface area contributed by atoms with E-state index in [-0.39, 0.29) is 0 Å². The van der Waals surface area contributed by atoms with Crippen LogP contribution in [0.1, 0.15) is 5.56 Å². The van der Waals surface area contributed by atoms with Crippen LogP contribution in [0, 0.1) is 0 Å². The van der Waals surface area contributed by atoms with Crippen molar-refractivity contribution in [3.05, 3.63) is 85.2 Å². The molecule has 6 heterocycles. The average Bonchev–Trinajstić information content (AvgIpc) is 3.71. The molecule has 0 bridgehead atoms. The fourth-order valence-electron chi connectivity index (χ4n) is 4.91. The molecule has 0 radical (unpaired) electrons. The summed E-state index contributed by atoms with van der Waals surface area (Å²) in [7, 11) is 0.232. The molecule has 1 aliphatic heterocycles. The molecule has 6 aromatic rings. The van der Waals surface area contributed by atoms with E-state index in [1.165, 1.54) is 9.65 Å². The Labute approximate surface area is 227 Å². The van der Waals surface area contributed by atoms with E-state index in [1.54, 1.807) is 29.5 Å². The topological polar surface area (TPSA) is 95.4 Å². The zero-order valence-corrected chi connectivity index (χ0v) is 22.2. The summed E-state index contributed by atoms with van der Waals surface area (Å²) < 4.78 is 24.4. The summed E-state index contributed by atoms with van der Waals surface area (Å²) >= 11 is 0. The molecule has 0 saturated carbocycles. The maximum Gasteiger partial charge on any atom is 0.193 e. The van der Waals surface area contributed by atoms with Crippen molar-refractivity contribution in [2.24, 2.45) is 7.05 Å². The number of fused-ring (bicyclic) bond motifs is 2. The third-order valence-corrected chi connectivity index (χ3v) is 8.30. The van der Waals surface area contributed by atoms with Crippen molar-refractivity contribution in [2.75, 3.05) is 26.3 Å². The highest BCUT2D eigenvalue weighted by Crippen LogP contribution is 2.26. The first-order valence-corrected chi connectivity index (χ1v) is 13.8. The van der Waals surface area contributed by atoms with Gasteiger partial charge in [-0.2, -0.15) is 14.3 Å². The molecular formula is C28H26N8O2S. The molecule has 39 heavy (non-hydrogen) atoms. The summed E-state index contributed by atoms with van der Waals surface area (Å²) in [4.78, 5) is 11.4. The van der Waals surface area contributed by atoms with Gasteiger partial charge in [0, 0.05) is 56.4 Å². The van der Waals surface area contributed by atoms with Crippen LogP contribution >= 0.6 is 0 Å². The maximum atomic E-state index is 13.8. The first kappa shape index (κ1) is 23.9. The van der Waals surface area contributed by atoms with Crippen LogP contribution in [0.25, 0.3) is 38.9 Å². The first-order chi connectivity index (χ1) is 19.1. The van der Waals surface area contributed by atoms with E-state index in [4.69, 9.17) is 4.74 Å². The highest BCUT2D eigenvalue weighted by atomic mass is 32.2. The van der Waals surface area contributed by atoms with Gasteiger partial charge in [-0.1, -0.05) is 24.3 Å². The van der Waals surface area contributed by atoms with Crippen molar-refractivity contribution in [1.82, 2.24) is 38.2 Å². The van der Waals surface area contributed by atoms with Gasteiger partial charge in [-0.05, 0) is 34.9 Å². The molecule has 0 spiro atoms. The molecule has 0 aliphatic carbocycles. The van der Waals surface area contributed by atoms with Crippen molar-refractivity contribution in [2.45, 2.75) is 11.6 Å². The van der Waals surface area contributed by atoms with Crippen molar-refractivity contribution in [3.63, 3.8) is 0 Å². The van der Waals surface area contributed by atoms with E-state index in [0.29, 0.717) is 16.1 Å². The molecule has 7 rings (SSSR count). The van der Waals surface area contributed by atoms with Gasteiger partial charge >= 0.3 is 0 Å². The standard InChI is InChI=1S/C28H26N8O2S/c1-33-18-24(14-31-33)23-12-26-25(29-13-23)15-32-36(26)39(37)28-16-30-27-7-6-22(19-35(27)28)21-4-2-20(3-5-21)17-34-8-10-38-11-9-34/h2-7,12-16,18-19H,8-11,17H2,1H3. The lowest BCUT2D eigenvalue weighted by atomic mass is 10.1. The molecule has 1 saturated heterocycles. The van der Waals surface area contributed by atoms with E-state index in [1.807, 2.05) is 42.0 Å². The number of imidazole rings is 1. The van der Waals surface area contributed by atoms with E-state index in [0.717, 1.165) is 60.7 Å². The molecule has 10 nitrogen and oxygen atoms in total. The molecule has 1 unspecified atom stereocenters. The summed E-state index contributed by atoms with van der Waals surface area (Å²) in [6, 6.07) is 14.5. The van der Waals surface area contributed by atoms with Crippen LogP contribution < -0.4 is 0 Å². The Balaban J connectivity index is 1.19. The van der Waals surface area contributed by atoms with Crippen LogP contribution in [0.15, 0.2) is 84.7 Å². The van der Waals surface area contributed by atoms with Crippen molar-refractivity contribution < 1.29 is 8.95 Å². The van der Waals surface area contributed by atoms with Gasteiger partial charge in [0.1, 0.15) is 16.7 Å². The van der Waals surface area contributed by atoms with Gasteiger partial charge in [0.05, 0.1) is 31.8 Å². The zero-order chi connectivity index (χ0) is 26.3. The monoisotopic (exact) mass is 538 g/mol. The van der Waals surface area contributed by atoms with E-state index < -0.39 is 11.0 Å². The summed E-state index contributed by atoms with van der Waals surface area (Å²) in [5, 5.41) is 9.20. The van der Waals surface area contributed by atoms with Crippen LogP contribution in [0.5, 0.6) is 0 Å². The number of aryl methyl sites for hydroxylation is 1. The van der Waals surface area contributed by atoms with Crippen LogP contribution in [0.4, 0.5) is 0 Å². The van der Waals surface area contributed by atoms with Gasteiger partial charge in [0.25, 0.3) is 0 Å². The summed E-state index contributed by atoms with van der Waals surface area (Å²) in [5.41, 5.74) is 7.25. The van der Waals surface area contributed by atoms with Crippen LogP contribution in [-0.2, 0) is 29.3 Å². The fraction of sp³-hybridized carbons (Fsp3) is 0.214. The normalized spacial score (nSPS) is 15.3. The van der Waals surface area contributed by atoms with Gasteiger partial charge in [-0.15, -0.1) is 0 Å². The number of nitrogens with zero attached hydrogens (tertiary/aromatic N) is 8. The number of pyridine rings is 2. The van der Waals surface area contributed by atoms with E-state index in [2.05, 4.69) is 49.3 Å². The van der Waals surface area contributed by atoms with Crippen LogP contribution in [-0.4, -0.2) is 68.7 Å². The Morgan fingerprint density at radius 1 is 0.846 bits per heavy atom. The Bertz CT molecular complexity index is 1810. The smallest absolute Gasteiger partial charge is 0.193 e. The third-order valence-electron chi connectivity index (χ3n) is 7.03. The molecule has 11 heteroatoms. The van der Waals surface area contributed by atoms with Crippen LogP contribution in [0.3, 0.4) is 0 Å². The second kappa shape index (κ2) is 9.84. The lowest BCUT2D eigenvalue weighted by Gasteiger charge is -2.26. The average molecular weight is 539 g/mol. The highest BCUT2D eigenvalue weighted by molar-refractivity contribution is 7.83. The Morgan fingerprint density at radius 3 is 2.46 bits per heavy atom. The number of hydrogen-bond donors (Lipinski definition) is 0. The minimum Gasteiger partial charge on any atom is -0.379 e. The van der Waals surface area contributed by atoms with Crippen molar-refractivity contribution >= 4 is 27.7 Å². The molecule has 1 aromatic carbocycles. The van der Waals surface area contributed by atoms with Gasteiger partial charge in [0.2, 0.25) is 0 Å². The second-order valence-corrected chi connectivity index (χ2v) is 10.9. The Morgan fingerprint density at radius 2 is 1.67 bits per heavy atom. The lowest BCUT2D eigenvalue weighted by Crippen LogP contribution is -2.35. The largest absolute Gasteiger partial charge is 0.379 e. The number of aromatic nitrogens is 7. The molecule has 1 aliphatic rings. The lowest BCUT2D eigenvalue weighted by molar-refractivity contribution is 0.0342. The molecule has 5 aromatic heterocycles. The maximum absolute atomic E-state index is 13.8. The minimum atomic E-state index is -1.64. The molecule has 0 amide bonds. The minimum absolute atomic E-state index is 0.535. The quantitative estimate of drug-likeness (QED) is 0.320. The Hall–Kier alpha value is -4.19. The zero-order valence-electron chi connectivity index (χ0n) is 21.3. The predicted octanol–water partition coefficient (Wildman–Crippen LogP) is 3.55. The SMILES string of the molecule is Cn1cc(-c2cnc3cnn(S(=O)c4cnc5ccc(-c6ccc(CN7CCOCC7)cc6)cn45)c3c2)cn1. The van der Waals surface area contributed by atoms with E-state index >= 15 is 0 Å². The second-order valence-electron chi connectivity index (χ2n) is 9.63. The fourth-order valence-corrected chi connectivity index (χ4v) is 6.01. The summed E-state index contributed by atoms with van der Waals surface area (Å²) in [5.74, 6) is 0.